The summed E-state index contributed by atoms with van der Waals surface area (Å²) in [4.78, 5) is 28.0. The summed E-state index contributed by atoms with van der Waals surface area (Å²) in [5.41, 5.74) is 4.14. The molecule has 1 aliphatic heterocycles. The standard InChI is InChI=1S/C19H20BN3O4/c20-16-5-7-17(8-6-16)23(19(25)22-9-11-27-12-10-22)13-14-1-3-15(4-2-14)18(24)21-26/h1-8,26H,9-13H2,(H,21,24). The number of benzene rings is 2. The predicted octanol–water partition coefficient (Wildman–Crippen LogP) is 1.06. The lowest BCUT2D eigenvalue weighted by atomic mass is 9.96. The summed E-state index contributed by atoms with van der Waals surface area (Å²) in [5, 5.41) is 8.71. The summed E-state index contributed by atoms with van der Waals surface area (Å²) in [6.07, 6.45) is 0. The summed E-state index contributed by atoms with van der Waals surface area (Å²) in [6.45, 7) is 2.46. The van der Waals surface area contributed by atoms with Crippen molar-refractivity contribution in [2.24, 2.45) is 0 Å². The Hall–Kier alpha value is -2.84. The molecular formula is C19H20BN3O4. The lowest BCUT2D eigenvalue weighted by molar-refractivity contribution is 0.0548. The van der Waals surface area contributed by atoms with Crippen molar-refractivity contribution in [3.05, 3.63) is 59.7 Å². The molecular weight excluding hydrogens is 345 g/mol. The number of nitrogens with zero attached hydrogens (tertiary/aromatic N) is 2. The van der Waals surface area contributed by atoms with Gasteiger partial charge in [-0.05, 0) is 29.8 Å². The Kier molecular flexibility index (Phi) is 6.10. The Morgan fingerprint density at radius 1 is 1.07 bits per heavy atom. The lowest BCUT2D eigenvalue weighted by Gasteiger charge is -2.33. The van der Waals surface area contributed by atoms with Gasteiger partial charge in [-0.15, -0.1) is 0 Å². The zero-order valence-electron chi connectivity index (χ0n) is 14.8. The van der Waals surface area contributed by atoms with Crippen molar-refractivity contribution in [2.45, 2.75) is 6.54 Å². The summed E-state index contributed by atoms with van der Waals surface area (Å²) in [5.74, 6) is -0.582. The average molecular weight is 365 g/mol. The molecule has 138 valence electrons. The van der Waals surface area contributed by atoms with Gasteiger partial charge in [-0.1, -0.05) is 29.7 Å². The van der Waals surface area contributed by atoms with E-state index in [1.807, 2.05) is 0 Å². The highest BCUT2D eigenvalue weighted by molar-refractivity contribution is 6.32. The molecule has 0 saturated carbocycles. The van der Waals surface area contributed by atoms with Crippen molar-refractivity contribution in [1.82, 2.24) is 10.4 Å². The molecule has 0 bridgehead atoms. The Morgan fingerprint density at radius 3 is 2.30 bits per heavy atom. The smallest absolute Gasteiger partial charge is 0.324 e. The van der Waals surface area contributed by atoms with Crippen LogP contribution >= 0.6 is 0 Å². The molecule has 0 aromatic heterocycles. The molecule has 0 aliphatic carbocycles. The number of nitrogens with one attached hydrogen (secondary N) is 1. The number of carbonyl (C=O) groups excluding carboxylic acids is 2. The second-order valence-corrected chi connectivity index (χ2v) is 6.20. The number of rotatable bonds is 4. The van der Waals surface area contributed by atoms with E-state index in [1.54, 1.807) is 63.8 Å². The maximum absolute atomic E-state index is 13.1. The fourth-order valence-electron chi connectivity index (χ4n) is 2.86. The molecule has 1 saturated heterocycles. The van der Waals surface area contributed by atoms with E-state index in [1.165, 1.54) is 0 Å². The number of hydrogen-bond acceptors (Lipinski definition) is 4. The predicted molar refractivity (Wildman–Crippen MR) is 101 cm³/mol. The highest BCUT2D eigenvalue weighted by atomic mass is 16.5. The molecule has 3 rings (SSSR count). The lowest BCUT2D eigenvalue weighted by Crippen LogP contribution is -2.48. The fraction of sp³-hybridized carbons (Fsp3) is 0.263. The molecule has 1 heterocycles. The first-order chi connectivity index (χ1) is 13.1. The minimum atomic E-state index is -0.582. The first-order valence-corrected chi connectivity index (χ1v) is 8.61. The minimum Gasteiger partial charge on any atom is -0.378 e. The molecule has 2 aromatic rings. The van der Waals surface area contributed by atoms with Crippen LogP contribution in [0.5, 0.6) is 0 Å². The van der Waals surface area contributed by atoms with Crippen molar-refractivity contribution in [3.63, 3.8) is 0 Å². The summed E-state index contributed by atoms with van der Waals surface area (Å²) in [7, 11) is 5.77. The molecule has 3 amide bonds. The Bertz CT molecular complexity index is 790. The van der Waals surface area contributed by atoms with E-state index >= 15 is 0 Å². The van der Waals surface area contributed by atoms with Crippen LogP contribution in [0.15, 0.2) is 48.5 Å². The average Bonchev–Trinajstić information content (AvgIpc) is 2.73. The number of morpholine rings is 1. The number of carbonyl (C=O) groups is 2. The monoisotopic (exact) mass is 365 g/mol. The minimum absolute atomic E-state index is 0.111. The van der Waals surface area contributed by atoms with E-state index < -0.39 is 5.91 Å². The Balaban J connectivity index is 1.83. The van der Waals surface area contributed by atoms with E-state index in [2.05, 4.69) is 0 Å². The maximum Gasteiger partial charge on any atom is 0.324 e. The molecule has 1 fully saturated rings. The topological polar surface area (TPSA) is 82.1 Å². The van der Waals surface area contributed by atoms with Crippen molar-refractivity contribution < 1.29 is 19.5 Å². The van der Waals surface area contributed by atoms with Crippen LogP contribution in [0.1, 0.15) is 15.9 Å². The van der Waals surface area contributed by atoms with Gasteiger partial charge in [0.1, 0.15) is 7.85 Å². The van der Waals surface area contributed by atoms with Gasteiger partial charge < -0.3 is 9.64 Å². The van der Waals surface area contributed by atoms with E-state index in [0.29, 0.717) is 43.9 Å². The van der Waals surface area contributed by atoms with Gasteiger partial charge in [0.05, 0.1) is 19.8 Å². The van der Waals surface area contributed by atoms with Crippen LogP contribution in [-0.2, 0) is 11.3 Å². The van der Waals surface area contributed by atoms with Crippen LogP contribution in [0, 0.1) is 0 Å². The van der Waals surface area contributed by atoms with Gasteiger partial charge in [0.25, 0.3) is 5.91 Å². The number of urea groups is 1. The van der Waals surface area contributed by atoms with Crippen molar-refractivity contribution in [1.29, 1.82) is 0 Å². The SMILES string of the molecule is [B]c1ccc(N(Cc2ccc(C(=O)NO)cc2)C(=O)N2CCOCC2)cc1. The highest BCUT2D eigenvalue weighted by Gasteiger charge is 2.24. The molecule has 2 aromatic carbocycles. The summed E-state index contributed by atoms with van der Waals surface area (Å²) < 4.78 is 5.33. The maximum atomic E-state index is 13.1. The second-order valence-electron chi connectivity index (χ2n) is 6.20. The first-order valence-electron chi connectivity index (χ1n) is 8.61. The molecule has 8 heteroatoms. The zero-order chi connectivity index (χ0) is 19.2. The van der Waals surface area contributed by atoms with Crippen LogP contribution in [-0.4, -0.2) is 56.2 Å². The molecule has 1 aliphatic rings. The second kappa shape index (κ2) is 8.70. The number of amides is 3. The number of anilines is 1. The van der Waals surface area contributed by atoms with Gasteiger partial charge >= 0.3 is 6.03 Å². The van der Waals surface area contributed by atoms with Gasteiger partial charge in [-0.2, -0.15) is 0 Å². The van der Waals surface area contributed by atoms with E-state index in [9.17, 15) is 9.59 Å². The Labute approximate surface area is 158 Å². The number of hydrogen-bond donors (Lipinski definition) is 2. The van der Waals surface area contributed by atoms with Crippen molar-refractivity contribution in [2.75, 3.05) is 31.2 Å². The fourth-order valence-corrected chi connectivity index (χ4v) is 2.86. The van der Waals surface area contributed by atoms with Crippen LogP contribution < -0.4 is 15.8 Å². The quantitative estimate of drug-likeness (QED) is 0.482. The first kappa shape index (κ1) is 18.9. The van der Waals surface area contributed by atoms with Crippen LogP contribution in [0.4, 0.5) is 10.5 Å². The van der Waals surface area contributed by atoms with Gasteiger partial charge in [-0.25, -0.2) is 10.3 Å². The van der Waals surface area contributed by atoms with E-state index in [-0.39, 0.29) is 6.03 Å². The van der Waals surface area contributed by atoms with Crippen LogP contribution in [0.25, 0.3) is 0 Å². The molecule has 2 radical (unpaired) electrons. The van der Waals surface area contributed by atoms with Crippen molar-refractivity contribution >= 4 is 30.9 Å². The molecule has 0 atom stereocenters. The third kappa shape index (κ3) is 4.66. The Morgan fingerprint density at radius 2 is 1.70 bits per heavy atom. The van der Waals surface area contributed by atoms with Gasteiger partial charge in [0, 0.05) is 24.3 Å². The van der Waals surface area contributed by atoms with Gasteiger partial charge in [-0.3, -0.25) is 14.9 Å². The molecule has 7 nitrogen and oxygen atoms in total. The summed E-state index contributed by atoms with van der Waals surface area (Å²) >= 11 is 0. The molecule has 0 unspecified atom stereocenters. The molecule has 0 spiro atoms. The third-order valence-corrected chi connectivity index (χ3v) is 4.38. The third-order valence-electron chi connectivity index (χ3n) is 4.38. The van der Waals surface area contributed by atoms with Crippen molar-refractivity contribution in [3.8, 4) is 0 Å². The van der Waals surface area contributed by atoms with E-state index in [0.717, 1.165) is 11.3 Å². The largest absolute Gasteiger partial charge is 0.378 e. The summed E-state index contributed by atoms with van der Waals surface area (Å²) in [6, 6.07) is 13.7. The van der Waals surface area contributed by atoms with Crippen LogP contribution in [0.2, 0.25) is 0 Å². The highest BCUT2D eigenvalue weighted by Crippen LogP contribution is 2.19. The zero-order valence-corrected chi connectivity index (χ0v) is 14.8. The van der Waals surface area contributed by atoms with Gasteiger partial charge in [0.2, 0.25) is 0 Å². The molecule has 2 N–H and O–H groups in total. The number of hydroxylamine groups is 1. The van der Waals surface area contributed by atoms with E-state index in [4.69, 9.17) is 17.8 Å². The molecule has 27 heavy (non-hydrogen) atoms. The van der Waals surface area contributed by atoms with Gasteiger partial charge in [0.15, 0.2) is 0 Å². The van der Waals surface area contributed by atoms with Crippen LogP contribution in [0.3, 0.4) is 0 Å². The normalized spacial score (nSPS) is 13.9. The number of ether oxygens (including phenoxy) is 1.